The van der Waals surface area contributed by atoms with Crippen molar-refractivity contribution in [2.75, 3.05) is 20.6 Å². The van der Waals surface area contributed by atoms with Gasteiger partial charge in [-0.15, -0.1) is 0 Å². The third kappa shape index (κ3) is 2.75. The van der Waals surface area contributed by atoms with Crippen molar-refractivity contribution in [3.05, 3.63) is 18.0 Å². The van der Waals surface area contributed by atoms with Crippen molar-refractivity contribution >= 4 is 0 Å². The highest BCUT2D eigenvalue weighted by Crippen LogP contribution is 2.33. The number of aromatic nitrogens is 2. The molecule has 1 aliphatic rings. The highest BCUT2D eigenvalue weighted by molar-refractivity contribution is 5.09. The Bertz CT molecular complexity index is 377. The topological polar surface area (TPSA) is 33.1 Å². The van der Waals surface area contributed by atoms with E-state index in [1.807, 2.05) is 17.9 Å². The van der Waals surface area contributed by atoms with Gasteiger partial charge >= 0.3 is 0 Å². The lowest BCUT2D eigenvalue weighted by Gasteiger charge is -2.37. The third-order valence-electron chi connectivity index (χ3n) is 4.45. The van der Waals surface area contributed by atoms with E-state index in [1.165, 1.54) is 31.2 Å². The Balaban J connectivity index is 1.94. The van der Waals surface area contributed by atoms with Gasteiger partial charge in [-0.3, -0.25) is 4.68 Å². The summed E-state index contributed by atoms with van der Waals surface area (Å²) in [7, 11) is 6.39. The predicted molar refractivity (Wildman–Crippen MR) is 74.5 cm³/mol. The second kappa shape index (κ2) is 5.41. The normalized spacial score (nSPS) is 20.5. The van der Waals surface area contributed by atoms with Gasteiger partial charge in [-0.25, -0.2) is 0 Å². The molecule has 102 valence electrons. The van der Waals surface area contributed by atoms with Crippen LogP contribution in [0.4, 0.5) is 0 Å². The van der Waals surface area contributed by atoms with Crippen molar-refractivity contribution in [3.63, 3.8) is 0 Å². The van der Waals surface area contributed by atoms with Gasteiger partial charge in [0.25, 0.3) is 0 Å². The van der Waals surface area contributed by atoms with Crippen LogP contribution in [0, 0.1) is 0 Å². The van der Waals surface area contributed by atoms with Crippen LogP contribution in [0.3, 0.4) is 0 Å². The first-order valence-corrected chi connectivity index (χ1v) is 6.93. The van der Waals surface area contributed by atoms with E-state index in [-0.39, 0.29) is 0 Å². The van der Waals surface area contributed by atoms with Crippen molar-refractivity contribution in [1.82, 2.24) is 20.0 Å². The van der Waals surface area contributed by atoms with Crippen LogP contribution >= 0.6 is 0 Å². The van der Waals surface area contributed by atoms with Crippen molar-refractivity contribution < 1.29 is 0 Å². The predicted octanol–water partition coefficient (Wildman–Crippen LogP) is 1.95. The molecule has 0 aliphatic heterocycles. The first kappa shape index (κ1) is 13.6. The third-order valence-corrected chi connectivity index (χ3v) is 4.45. The molecule has 1 aromatic rings. The number of hydrogen-bond acceptors (Lipinski definition) is 3. The van der Waals surface area contributed by atoms with Crippen molar-refractivity contribution in [2.24, 2.45) is 7.05 Å². The summed E-state index contributed by atoms with van der Waals surface area (Å²) in [6.07, 6.45) is 9.39. The summed E-state index contributed by atoms with van der Waals surface area (Å²) in [4.78, 5) is 2.41. The van der Waals surface area contributed by atoms with Gasteiger partial charge in [-0.2, -0.15) is 5.10 Å². The first-order chi connectivity index (χ1) is 8.53. The Morgan fingerprint density at radius 3 is 2.61 bits per heavy atom. The molecule has 1 aliphatic carbocycles. The van der Waals surface area contributed by atoms with Gasteiger partial charge in [0.15, 0.2) is 0 Å². The van der Waals surface area contributed by atoms with Crippen molar-refractivity contribution in [3.8, 4) is 0 Å². The standard InChI is InChI=1S/C14H26N4/c1-12(13-9-16-18(4)10-13)15-11-14(17(2)3)7-5-6-8-14/h9-10,12,15H,5-8,11H2,1-4H3. The fraction of sp³-hybridized carbons (Fsp3) is 0.786. The van der Waals surface area contributed by atoms with E-state index in [2.05, 4.69) is 42.5 Å². The molecule has 0 bridgehead atoms. The zero-order chi connectivity index (χ0) is 13.2. The zero-order valence-corrected chi connectivity index (χ0v) is 12.1. The summed E-state index contributed by atoms with van der Waals surface area (Å²) in [5.74, 6) is 0. The summed E-state index contributed by atoms with van der Waals surface area (Å²) < 4.78 is 1.87. The van der Waals surface area contributed by atoms with Crippen LogP contribution in [0.5, 0.6) is 0 Å². The number of likely N-dealkylation sites (N-methyl/N-ethyl adjacent to an activating group) is 1. The minimum Gasteiger partial charge on any atom is -0.308 e. The second-order valence-corrected chi connectivity index (χ2v) is 5.88. The van der Waals surface area contributed by atoms with E-state index in [0.717, 1.165) is 6.54 Å². The van der Waals surface area contributed by atoms with Crippen LogP contribution in [0.1, 0.15) is 44.2 Å². The molecule has 18 heavy (non-hydrogen) atoms. The maximum atomic E-state index is 4.24. The molecule has 0 spiro atoms. The minimum atomic E-state index is 0.358. The second-order valence-electron chi connectivity index (χ2n) is 5.88. The van der Waals surface area contributed by atoms with Crippen molar-refractivity contribution in [2.45, 2.75) is 44.2 Å². The van der Waals surface area contributed by atoms with Gasteiger partial charge in [0.1, 0.15) is 0 Å². The summed E-state index contributed by atoms with van der Waals surface area (Å²) in [5, 5.41) is 7.92. The van der Waals surface area contributed by atoms with Crippen LogP contribution < -0.4 is 5.32 Å². The summed E-state index contributed by atoms with van der Waals surface area (Å²) in [5.41, 5.74) is 1.63. The van der Waals surface area contributed by atoms with Crippen LogP contribution in [0.15, 0.2) is 12.4 Å². The fourth-order valence-corrected chi connectivity index (χ4v) is 2.94. The molecule has 1 atom stereocenters. The van der Waals surface area contributed by atoms with Crippen LogP contribution in [-0.2, 0) is 7.05 Å². The van der Waals surface area contributed by atoms with Crippen LogP contribution in [0.2, 0.25) is 0 Å². The molecule has 4 heteroatoms. The molecule has 1 unspecified atom stereocenters. The molecule has 4 nitrogen and oxygen atoms in total. The number of rotatable bonds is 5. The van der Waals surface area contributed by atoms with E-state index in [0.29, 0.717) is 11.6 Å². The molecule has 0 aromatic carbocycles. The molecule has 2 rings (SSSR count). The Morgan fingerprint density at radius 2 is 2.11 bits per heavy atom. The summed E-state index contributed by atoms with van der Waals surface area (Å²) in [6.45, 7) is 3.28. The number of nitrogens with one attached hydrogen (secondary N) is 1. The fourth-order valence-electron chi connectivity index (χ4n) is 2.94. The van der Waals surface area contributed by atoms with Gasteiger partial charge in [0.2, 0.25) is 0 Å². The largest absolute Gasteiger partial charge is 0.308 e. The maximum absolute atomic E-state index is 4.24. The highest BCUT2D eigenvalue weighted by Gasteiger charge is 2.35. The van der Waals surface area contributed by atoms with Gasteiger partial charge in [-0.1, -0.05) is 12.8 Å². The average molecular weight is 250 g/mol. The quantitative estimate of drug-likeness (QED) is 0.867. The number of hydrogen-bond donors (Lipinski definition) is 1. The van der Waals surface area contributed by atoms with Gasteiger partial charge in [-0.05, 0) is 33.9 Å². The Hall–Kier alpha value is -0.870. The molecular formula is C14H26N4. The zero-order valence-electron chi connectivity index (χ0n) is 12.1. The van der Waals surface area contributed by atoms with E-state index >= 15 is 0 Å². The lowest BCUT2D eigenvalue weighted by molar-refractivity contribution is 0.150. The number of nitrogens with zero attached hydrogens (tertiary/aromatic N) is 3. The SMILES string of the molecule is CC(NCC1(N(C)C)CCCC1)c1cnn(C)c1. The molecular weight excluding hydrogens is 224 g/mol. The van der Waals surface area contributed by atoms with E-state index in [4.69, 9.17) is 0 Å². The highest BCUT2D eigenvalue weighted by atomic mass is 15.2. The molecule has 0 saturated heterocycles. The molecule has 1 saturated carbocycles. The van der Waals surface area contributed by atoms with E-state index in [1.54, 1.807) is 0 Å². The smallest absolute Gasteiger partial charge is 0.0537 e. The van der Waals surface area contributed by atoms with Gasteiger partial charge in [0.05, 0.1) is 6.20 Å². The molecule has 0 amide bonds. The van der Waals surface area contributed by atoms with Crippen LogP contribution in [-0.4, -0.2) is 40.9 Å². The lowest BCUT2D eigenvalue weighted by Crippen LogP contribution is -2.50. The monoisotopic (exact) mass is 250 g/mol. The van der Waals surface area contributed by atoms with Gasteiger partial charge < -0.3 is 10.2 Å². The lowest BCUT2D eigenvalue weighted by atomic mass is 9.95. The molecule has 1 heterocycles. The van der Waals surface area contributed by atoms with E-state index < -0.39 is 0 Å². The molecule has 1 N–H and O–H groups in total. The van der Waals surface area contributed by atoms with E-state index in [9.17, 15) is 0 Å². The molecule has 1 fully saturated rings. The first-order valence-electron chi connectivity index (χ1n) is 6.93. The summed E-state index contributed by atoms with van der Waals surface area (Å²) >= 11 is 0. The van der Waals surface area contributed by atoms with Crippen molar-refractivity contribution in [1.29, 1.82) is 0 Å². The Morgan fingerprint density at radius 1 is 1.44 bits per heavy atom. The summed E-state index contributed by atoms with van der Waals surface area (Å²) in [6, 6.07) is 0.371. The Labute approximate surface area is 110 Å². The maximum Gasteiger partial charge on any atom is 0.0537 e. The van der Waals surface area contributed by atoms with Gasteiger partial charge in [0, 0.05) is 36.9 Å². The number of aryl methyl sites for hydroxylation is 1. The average Bonchev–Trinajstić information content (AvgIpc) is 2.95. The Kier molecular flexibility index (Phi) is 4.07. The minimum absolute atomic E-state index is 0.358. The van der Waals surface area contributed by atoms with Crippen LogP contribution in [0.25, 0.3) is 0 Å². The molecule has 1 aromatic heterocycles. The molecule has 0 radical (unpaired) electrons.